The maximum absolute atomic E-state index is 14.2. The van der Waals surface area contributed by atoms with Gasteiger partial charge in [-0.25, -0.2) is 4.79 Å². The van der Waals surface area contributed by atoms with E-state index in [1.807, 2.05) is 0 Å². The van der Waals surface area contributed by atoms with Gasteiger partial charge in [-0.3, -0.25) is 48.1 Å². The van der Waals surface area contributed by atoms with Gasteiger partial charge in [0.25, 0.3) is 0 Å². The number of nitrogens with zero attached hydrogens (tertiary/aromatic N) is 1. The molecule has 10 atom stereocenters. The largest absolute Gasteiger partial charge is 0.480 e. The molecule has 27 heteroatoms. The number of thiol groups is 1. The molecule has 392 valence electrons. The van der Waals surface area contributed by atoms with Crippen LogP contribution in [0, 0.1) is 5.92 Å². The lowest BCUT2D eigenvalue weighted by Gasteiger charge is -2.29. The van der Waals surface area contributed by atoms with Crippen molar-refractivity contribution < 1.29 is 58.2 Å². The number of primary amides is 1. The molecule has 0 aromatic heterocycles. The highest BCUT2D eigenvalue weighted by Crippen LogP contribution is 2.11. The Morgan fingerprint density at radius 3 is 1.59 bits per heavy atom. The van der Waals surface area contributed by atoms with Gasteiger partial charge in [0.05, 0.1) is 18.6 Å². The van der Waals surface area contributed by atoms with E-state index in [1.54, 1.807) is 44.2 Å². The van der Waals surface area contributed by atoms with Crippen molar-refractivity contribution in [3.63, 3.8) is 0 Å². The molecule has 0 spiro atoms. The van der Waals surface area contributed by atoms with Crippen LogP contribution in [0.15, 0.2) is 35.3 Å². The molecule has 0 aliphatic rings. The van der Waals surface area contributed by atoms with E-state index in [1.165, 1.54) is 13.8 Å². The number of aliphatic hydroxyl groups is 1. The highest BCUT2D eigenvalue weighted by molar-refractivity contribution is 7.80. The molecule has 1 aromatic carbocycles. The van der Waals surface area contributed by atoms with Gasteiger partial charge >= 0.3 is 5.97 Å². The zero-order chi connectivity index (χ0) is 53.2. The second-order valence-electron chi connectivity index (χ2n) is 16.9. The van der Waals surface area contributed by atoms with E-state index in [0.717, 1.165) is 6.92 Å². The molecule has 26 nitrogen and oxygen atoms in total. The third-order valence-corrected chi connectivity index (χ3v) is 10.7. The molecule has 0 heterocycles. The van der Waals surface area contributed by atoms with Crippen molar-refractivity contribution in [3.05, 3.63) is 35.9 Å². The van der Waals surface area contributed by atoms with Crippen LogP contribution in [0.5, 0.6) is 0 Å². The first kappa shape index (κ1) is 61.4. The number of carbonyl (C=O) groups excluding carboxylic acids is 9. The Bertz CT molecular complexity index is 1970. The lowest BCUT2D eigenvalue weighted by Crippen LogP contribution is -2.62. The summed E-state index contributed by atoms with van der Waals surface area (Å²) in [6.07, 6.45) is -1.64. The smallest absolute Gasteiger partial charge is 0.327 e. The lowest BCUT2D eigenvalue weighted by molar-refractivity contribution is -0.141. The van der Waals surface area contributed by atoms with E-state index < -0.39 is 132 Å². The molecule has 1 aromatic rings. The summed E-state index contributed by atoms with van der Waals surface area (Å²) in [6, 6.07) is -4.03. The molecule has 0 unspecified atom stereocenters. The summed E-state index contributed by atoms with van der Waals surface area (Å²) in [5.74, 6) is -10.8. The van der Waals surface area contributed by atoms with Crippen LogP contribution in [-0.2, 0) is 54.4 Å². The molecule has 0 radical (unpaired) electrons. The number of amides is 9. The Labute approximate surface area is 411 Å². The first-order chi connectivity index (χ1) is 32.8. The fraction of sp³-hybridized carbons (Fsp3) is 0.605. The van der Waals surface area contributed by atoms with Crippen molar-refractivity contribution >= 4 is 77.7 Å². The number of aliphatic imine (C=N–C) groups is 1. The van der Waals surface area contributed by atoms with Gasteiger partial charge in [0, 0.05) is 18.7 Å². The van der Waals surface area contributed by atoms with Crippen LogP contribution in [0.25, 0.3) is 0 Å². The average molecular weight is 1010 g/mol. The maximum atomic E-state index is 14.2. The predicted octanol–water partition coefficient (Wildman–Crippen LogP) is -5.42. The number of aliphatic hydroxyl groups excluding tert-OH is 1. The molecule has 0 saturated carbocycles. The Kier molecular flexibility index (Phi) is 27.7. The number of nitrogens with one attached hydrogen (secondary N) is 8. The minimum Gasteiger partial charge on any atom is -0.480 e. The van der Waals surface area contributed by atoms with E-state index in [9.17, 15) is 58.2 Å². The third kappa shape index (κ3) is 22.7. The number of unbranched alkanes of at least 4 members (excludes halogenated alkanes) is 1. The molecule has 0 aliphatic carbocycles. The molecule has 0 bridgehead atoms. The van der Waals surface area contributed by atoms with Crippen molar-refractivity contribution in [2.75, 3.05) is 18.8 Å². The van der Waals surface area contributed by atoms with Gasteiger partial charge in [0.1, 0.15) is 48.3 Å². The topological polar surface area (TPSA) is 450 Å². The average Bonchev–Trinajstić information content (AvgIpc) is 3.28. The molecule has 70 heavy (non-hydrogen) atoms. The number of benzene rings is 1. The Hall–Kier alpha value is -6.58. The molecular weight excluding hydrogens is 937 g/mol. The van der Waals surface area contributed by atoms with Crippen LogP contribution >= 0.6 is 12.6 Å². The summed E-state index contributed by atoms with van der Waals surface area (Å²) in [6.45, 7) is 7.23. The molecule has 0 fully saturated rings. The Morgan fingerprint density at radius 2 is 1.09 bits per heavy atom. The van der Waals surface area contributed by atoms with Gasteiger partial charge in [0.2, 0.25) is 53.2 Å². The fourth-order valence-electron chi connectivity index (χ4n) is 6.41. The summed E-state index contributed by atoms with van der Waals surface area (Å²) in [4.78, 5) is 135. The van der Waals surface area contributed by atoms with Gasteiger partial charge in [-0.15, -0.1) is 0 Å². The van der Waals surface area contributed by atoms with E-state index in [4.69, 9.17) is 28.7 Å². The quantitative estimate of drug-likeness (QED) is 0.0139. The zero-order valence-corrected chi connectivity index (χ0v) is 41.0. The highest BCUT2D eigenvalue weighted by atomic mass is 32.1. The monoisotopic (exact) mass is 1010 g/mol. The summed E-state index contributed by atoms with van der Waals surface area (Å²) in [7, 11) is 0. The number of guanidine groups is 1. The van der Waals surface area contributed by atoms with Crippen molar-refractivity contribution in [1.82, 2.24) is 42.5 Å². The van der Waals surface area contributed by atoms with Crippen LogP contribution in [0.2, 0.25) is 0 Å². The summed E-state index contributed by atoms with van der Waals surface area (Å²) < 4.78 is 0. The molecular formula is C43H72N14O12S. The number of hydrogen-bond donors (Lipinski definition) is 16. The van der Waals surface area contributed by atoms with Gasteiger partial charge < -0.3 is 81.4 Å². The van der Waals surface area contributed by atoms with Crippen molar-refractivity contribution in [2.24, 2.45) is 39.6 Å². The summed E-state index contributed by atoms with van der Waals surface area (Å²) in [5, 5.41) is 39.8. The maximum Gasteiger partial charge on any atom is 0.327 e. The van der Waals surface area contributed by atoms with Crippen LogP contribution in [0.4, 0.5) is 0 Å². The highest BCUT2D eigenvalue weighted by Gasteiger charge is 2.37. The van der Waals surface area contributed by atoms with E-state index in [2.05, 4.69) is 60.2 Å². The van der Waals surface area contributed by atoms with E-state index in [0.29, 0.717) is 18.4 Å². The van der Waals surface area contributed by atoms with Crippen molar-refractivity contribution in [3.8, 4) is 0 Å². The molecule has 0 aliphatic heterocycles. The molecule has 20 N–H and O–H groups in total. The number of nitrogens with two attached hydrogens (primary N) is 5. The SMILES string of the molecule is CC(C)[C@H](NC(=O)[C@@H](NC(=O)[C@H](CC(N)=O)NC(=O)[C@H](C)NC(=O)[C@H](C)N)[C@@H](C)O)C(=O)N[C@@H](CCCCN)C(=O)N[C@@H](Cc1ccccc1)C(=O)N[C@@H](CCCN=C(N)N)C(=O)N[C@@H](CS)C(=O)O. The van der Waals surface area contributed by atoms with Gasteiger partial charge in [-0.2, -0.15) is 12.6 Å². The zero-order valence-electron chi connectivity index (χ0n) is 40.1. The molecule has 1 rings (SSSR count). The van der Waals surface area contributed by atoms with Gasteiger partial charge in [-0.05, 0) is 70.9 Å². The van der Waals surface area contributed by atoms with Gasteiger partial charge in [-0.1, -0.05) is 44.2 Å². The number of rotatable bonds is 32. The number of carbonyl (C=O) groups is 10. The van der Waals surface area contributed by atoms with Gasteiger partial charge in [0.15, 0.2) is 5.96 Å². The number of carboxylic acid groups (broad SMARTS) is 1. The number of carboxylic acids is 1. The second kappa shape index (κ2) is 31.5. The van der Waals surface area contributed by atoms with Crippen LogP contribution in [-0.4, -0.2) is 155 Å². The standard InChI is InChI=1S/C43H72N14O12S/c1-21(2)32(56-41(67)33(24(5)58)57-39(65)29(19-31(46)59)53-35(61)23(4)50-34(60)22(3)45)40(66)52-26(14-9-10-16-44)36(62)54-28(18-25-12-7-6-8-13-25)38(64)51-27(15-11-17-49-43(47)48)37(63)55-30(20-70)42(68)69/h6-8,12-13,21-24,26-30,32-33,58,70H,9-11,14-20,44-45H2,1-5H3,(H2,46,59)(H,50,60)(H,51,64)(H,52,66)(H,53,61)(H,54,62)(H,55,63)(H,56,67)(H,57,65)(H,68,69)(H4,47,48,49)/t22-,23-,24+,26-,27-,28-,29-,30-,32-,33-/m0/s1. The number of aliphatic carboxylic acids is 1. The van der Waals surface area contributed by atoms with Crippen LogP contribution in [0.3, 0.4) is 0 Å². The van der Waals surface area contributed by atoms with E-state index >= 15 is 0 Å². The minimum atomic E-state index is -1.78. The lowest BCUT2D eigenvalue weighted by atomic mass is 10.00. The molecule has 0 saturated heterocycles. The van der Waals surface area contributed by atoms with Crippen molar-refractivity contribution in [2.45, 2.75) is 140 Å². The second-order valence-corrected chi connectivity index (χ2v) is 17.3. The third-order valence-electron chi connectivity index (χ3n) is 10.4. The first-order valence-corrected chi connectivity index (χ1v) is 23.2. The number of hydrogen-bond acceptors (Lipinski definition) is 15. The molecule has 9 amide bonds. The van der Waals surface area contributed by atoms with Crippen LogP contribution < -0.4 is 71.2 Å². The van der Waals surface area contributed by atoms with Crippen molar-refractivity contribution in [1.29, 1.82) is 0 Å². The van der Waals surface area contributed by atoms with Crippen LogP contribution in [0.1, 0.15) is 78.7 Å². The summed E-state index contributed by atoms with van der Waals surface area (Å²) >= 11 is 3.99. The first-order valence-electron chi connectivity index (χ1n) is 22.6. The Morgan fingerprint density at radius 1 is 0.600 bits per heavy atom. The minimum absolute atomic E-state index is 0.00376. The normalized spacial score (nSPS) is 15.3. The predicted molar refractivity (Wildman–Crippen MR) is 260 cm³/mol. The Balaban J connectivity index is 3.48. The fourth-order valence-corrected chi connectivity index (χ4v) is 6.66. The summed E-state index contributed by atoms with van der Waals surface area (Å²) in [5.41, 5.74) is 28.0. The van der Waals surface area contributed by atoms with E-state index in [-0.39, 0.29) is 50.5 Å².